The van der Waals surface area contributed by atoms with E-state index in [2.05, 4.69) is 32.4 Å². The summed E-state index contributed by atoms with van der Waals surface area (Å²) in [6, 6.07) is 8.67. The summed E-state index contributed by atoms with van der Waals surface area (Å²) in [5, 5.41) is 23.0. The number of amides is 2. The number of primary amides is 1. The topological polar surface area (TPSA) is 150 Å². The fourth-order valence-corrected chi connectivity index (χ4v) is 3.05. The monoisotopic (exact) mass is 392 g/mol. The summed E-state index contributed by atoms with van der Waals surface area (Å²) in [6.07, 6.45) is 2.95. The molecule has 0 radical (unpaired) electrons. The number of nitriles is 1. The van der Waals surface area contributed by atoms with Gasteiger partial charge in [-0.05, 0) is 37.1 Å². The number of aromatic nitrogens is 3. The quantitative estimate of drug-likeness (QED) is 0.620. The highest BCUT2D eigenvalue weighted by molar-refractivity contribution is 5.96. The molecule has 1 fully saturated rings. The molecule has 0 unspecified atom stereocenters. The maximum Gasteiger partial charge on any atom is 0.273 e. The summed E-state index contributed by atoms with van der Waals surface area (Å²) >= 11 is 0. The lowest BCUT2D eigenvalue weighted by molar-refractivity contribution is -0.127. The van der Waals surface area contributed by atoms with Crippen LogP contribution in [0.5, 0.6) is 0 Å². The predicted octanol–water partition coefficient (Wildman–Crippen LogP) is 1.17. The molecule has 10 nitrogen and oxygen atoms in total. The van der Waals surface area contributed by atoms with Gasteiger partial charge in [-0.2, -0.15) is 10.2 Å². The predicted molar refractivity (Wildman–Crippen MR) is 106 cm³/mol. The molecule has 4 N–H and O–H groups in total. The Hall–Kier alpha value is -4.00. The van der Waals surface area contributed by atoms with Crippen LogP contribution >= 0.6 is 0 Å². The Morgan fingerprint density at radius 3 is 2.93 bits per heavy atom. The number of carbonyl (C=O) groups is 2. The van der Waals surface area contributed by atoms with Gasteiger partial charge in [0.2, 0.25) is 11.9 Å². The summed E-state index contributed by atoms with van der Waals surface area (Å²) in [6.45, 7) is 4.67. The van der Waals surface area contributed by atoms with Gasteiger partial charge in [0, 0.05) is 24.8 Å². The molecule has 0 spiro atoms. The smallest absolute Gasteiger partial charge is 0.273 e. The normalized spacial score (nSPS) is 15.8. The Morgan fingerprint density at radius 2 is 2.21 bits per heavy atom. The number of likely N-dealkylation sites (tertiary alicyclic amines) is 1. The Morgan fingerprint density at radius 1 is 1.38 bits per heavy atom. The average molecular weight is 392 g/mol. The van der Waals surface area contributed by atoms with E-state index in [-0.39, 0.29) is 29.4 Å². The number of nitrogens with zero attached hydrogens (tertiary/aromatic N) is 5. The van der Waals surface area contributed by atoms with Gasteiger partial charge in [0.25, 0.3) is 5.91 Å². The largest absolute Gasteiger partial charge is 0.364 e. The number of hydrogen-bond donors (Lipinski definition) is 3. The van der Waals surface area contributed by atoms with Crippen molar-refractivity contribution in [1.82, 2.24) is 20.1 Å². The van der Waals surface area contributed by atoms with Crippen LogP contribution in [0.15, 0.2) is 36.9 Å². The number of carbonyl (C=O) groups excluding carboxylic acids is 2. The standard InChI is InChI=1S/C19H20N8O2/c1-2-15(28)27-8-4-7-14(11-27)23-19-24-18(16(17(21)29)25-26-19)22-13-6-3-5-12(9-13)10-20/h2-3,5-6,9,14H,1,4,7-8,11H2,(H2,21,29)(H2,22,23,24,26)/t14-/m1/s1. The van der Waals surface area contributed by atoms with Gasteiger partial charge in [-0.15, -0.1) is 10.2 Å². The average Bonchev–Trinajstić information content (AvgIpc) is 2.73. The van der Waals surface area contributed by atoms with Gasteiger partial charge in [-0.3, -0.25) is 9.59 Å². The van der Waals surface area contributed by atoms with E-state index in [0.29, 0.717) is 24.3 Å². The van der Waals surface area contributed by atoms with Crippen LogP contribution in [-0.4, -0.2) is 51.0 Å². The molecule has 0 saturated carbocycles. The van der Waals surface area contributed by atoms with Crippen LogP contribution in [0.25, 0.3) is 0 Å². The van der Waals surface area contributed by atoms with Crippen molar-refractivity contribution in [3.05, 3.63) is 48.2 Å². The number of nitrogens with two attached hydrogens (primary N) is 1. The Labute approximate surface area is 167 Å². The van der Waals surface area contributed by atoms with E-state index < -0.39 is 5.91 Å². The molecule has 2 amide bonds. The third kappa shape index (κ3) is 4.84. The summed E-state index contributed by atoms with van der Waals surface area (Å²) < 4.78 is 0. The molecule has 2 aromatic rings. The fourth-order valence-electron chi connectivity index (χ4n) is 3.05. The van der Waals surface area contributed by atoms with E-state index in [1.54, 1.807) is 29.2 Å². The van der Waals surface area contributed by atoms with Crippen molar-refractivity contribution >= 4 is 29.3 Å². The summed E-state index contributed by atoms with van der Waals surface area (Å²) in [5.41, 5.74) is 6.26. The third-order valence-electron chi connectivity index (χ3n) is 4.42. The lowest BCUT2D eigenvalue weighted by atomic mass is 10.1. The van der Waals surface area contributed by atoms with Crippen LogP contribution in [0, 0.1) is 11.3 Å². The first-order valence-electron chi connectivity index (χ1n) is 8.99. The van der Waals surface area contributed by atoms with Gasteiger partial charge < -0.3 is 21.3 Å². The van der Waals surface area contributed by atoms with E-state index in [4.69, 9.17) is 11.0 Å². The van der Waals surface area contributed by atoms with Crippen LogP contribution in [0.1, 0.15) is 28.9 Å². The zero-order valence-electron chi connectivity index (χ0n) is 15.6. The van der Waals surface area contributed by atoms with Crippen molar-refractivity contribution in [2.24, 2.45) is 5.73 Å². The number of rotatable bonds is 6. The van der Waals surface area contributed by atoms with Gasteiger partial charge in [-0.1, -0.05) is 12.6 Å². The molecule has 2 heterocycles. The van der Waals surface area contributed by atoms with Crippen molar-refractivity contribution in [3.63, 3.8) is 0 Å². The van der Waals surface area contributed by atoms with E-state index in [9.17, 15) is 9.59 Å². The zero-order valence-corrected chi connectivity index (χ0v) is 15.6. The SMILES string of the molecule is C=CC(=O)N1CCC[C@@H](Nc2nnc(C(N)=O)c(Nc3cccc(C#N)c3)n2)C1. The highest BCUT2D eigenvalue weighted by Gasteiger charge is 2.23. The van der Waals surface area contributed by atoms with Gasteiger partial charge in [-0.25, -0.2) is 0 Å². The molecule has 1 aliphatic heterocycles. The Balaban J connectivity index is 1.81. The molecule has 1 saturated heterocycles. The Kier molecular flexibility index (Phi) is 5.99. The van der Waals surface area contributed by atoms with E-state index in [0.717, 1.165) is 12.8 Å². The second kappa shape index (κ2) is 8.79. The van der Waals surface area contributed by atoms with Crippen LogP contribution in [0.4, 0.5) is 17.5 Å². The molecule has 148 valence electrons. The molecule has 0 aliphatic carbocycles. The summed E-state index contributed by atoms with van der Waals surface area (Å²) in [7, 11) is 0. The zero-order chi connectivity index (χ0) is 20.8. The van der Waals surface area contributed by atoms with Gasteiger partial charge in [0.15, 0.2) is 11.5 Å². The highest BCUT2D eigenvalue weighted by atomic mass is 16.2. The number of piperidine rings is 1. The molecular weight excluding hydrogens is 372 g/mol. The van der Waals surface area contributed by atoms with E-state index >= 15 is 0 Å². The van der Waals surface area contributed by atoms with Crippen molar-refractivity contribution in [2.75, 3.05) is 23.7 Å². The second-order valence-corrected chi connectivity index (χ2v) is 6.49. The summed E-state index contributed by atoms with van der Waals surface area (Å²) in [4.78, 5) is 29.6. The highest BCUT2D eigenvalue weighted by Crippen LogP contribution is 2.20. The number of nitrogens with one attached hydrogen (secondary N) is 2. The third-order valence-corrected chi connectivity index (χ3v) is 4.42. The molecule has 1 aromatic carbocycles. The van der Waals surface area contributed by atoms with Gasteiger partial charge in [0.05, 0.1) is 11.6 Å². The first kappa shape index (κ1) is 19.8. The molecule has 1 aromatic heterocycles. The van der Waals surface area contributed by atoms with E-state index in [1.165, 1.54) is 6.08 Å². The first-order valence-corrected chi connectivity index (χ1v) is 8.99. The number of anilines is 3. The van der Waals surface area contributed by atoms with Crippen LogP contribution in [0.2, 0.25) is 0 Å². The molecule has 0 bridgehead atoms. The second-order valence-electron chi connectivity index (χ2n) is 6.49. The number of benzene rings is 1. The minimum absolute atomic E-state index is 0.0661. The molecule has 29 heavy (non-hydrogen) atoms. The van der Waals surface area contributed by atoms with Gasteiger partial charge >= 0.3 is 0 Å². The maximum atomic E-state index is 11.8. The van der Waals surface area contributed by atoms with Gasteiger partial charge in [0.1, 0.15) is 0 Å². The van der Waals surface area contributed by atoms with Crippen molar-refractivity contribution < 1.29 is 9.59 Å². The lowest BCUT2D eigenvalue weighted by Gasteiger charge is -2.32. The van der Waals surface area contributed by atoms with Crippen molar-refractivity contribution in [3.8, 4) is 6.07 Å². The molecule has 3 rings (SSSR count). The minimum Gasteiger partial charge on any atom is -0.364 e. The van der Waals surface area contributed by atoms with Crippen LogP contribution < -0.4 is 16.4 Å². The molecule has 1 atom stereocenters. The van der Waals surface area contributed by atoms with Crippen LogP contribution in [-0.2, 0) is 4.79 Å². The van der Waals surface area contributed by atoms with Crippen molar-refractivity contribution in [1.29, 1.82) is 5.26 Å². The van der Waals surface area contributed by atoms with Crippen LogP contribution in [0.3, 0.4) is 0 Å². The molecule has 10 heteroatoms. The van der Waals surface area contributed by atoms with Crippen molar-refractivity contribution in [2.45, 2.75) is 18.9 Å². The first-order chi connectivity index (χ1) is 14.0. The summed E-state index contributed by atoms with van der Waals surface area (Å²) in [5.74, 6) is -0.581. The molecule has 1 aliphatic rings. The van der Waals surface area contributed by atoms with E-state index in [1.807, 2.05) is 6.07 Å². The number of hydrogen-bond acceptors (Lipinski definition) is 8. The minimum atomic E-state index is -0.782. The Bertz CT molecular complexity index is 984. The molecular formula is C19H20N8O2. The maximum absolute atomic E-state index is 11.8. The lowest BCUT2D eigenvalue weighted by Crippen LogP contribution is -2.44. The fraction of sp³-hybridized carbons (Fsp3) is 0.263.